The Balaban J connectivity index is 1.33. The maximum Gasteiger partial charge on any atom is 0.253 e. The summed E-state index contributed by atoms with van der Waals surface area (Å²) in [4.78, 5) is 30.4. The highest BCUT2D eigenvalue weighted by molar-refractivity contribution is 5.94. The lowest BCUT2D eigenvalue weighted by atomic mass is 9.95. The summed E-state index contributed by atoms with van der Waals surface area (Å²) < 4.78 is 0. The third-order valence-electron chi connectivity index (χ3n) is 7.39. The lowest BCUT2D eigenvalue weighted by Crippen LogP contribution is -2.58. The third-order valence-corrected chi connectivity index (χ3v) is 7.39. The van der Waals surface area contributed by atoms with Gasteiger partial charge in [-0.2, -0.15) is 0 Å². The molecule has 1 atom stereocenters. The Kier molecular flexibility index (Phi) is 7.65. The molecule has 1 saturated heterocycles. The number of nitrogens with one attached hydrogen (secondary N) is 1. The Morgan fingerprint density at radius 3 is 2.29 bits per heavy atom. The van der Waals surface area contributed by atoms with Crippen molar-refractivity contribution in [1.29, 1.82) is 0 Å². The molecule has 1 N–H and O–H groups in total. The molecular formula is C26H39N3O2. The fraction of sp³-hybridized carbons (Fsp3) is 0.692. The highest BCUT2D eigenvalue weighted by Crippen LogP contribution is 2.32. The van der Waals surface area contributed by atoms with Crippen molar-refractivity contribution in [2.24, 2.45) is 11.8 Å². The first-order valence-corrected chi connectivity index (χ1v) is 12.6. The third kappa shape index (κ3) is 5.88. The highest BCUT2D eigenvalue weighted by Gasteiger charge is 2.37. The van der Waals surface area contributed by atoms with Crippen molar-refractivity contribution in [3.8, 4) is 0 Å². The van der Waals surface area contributed by atoms with Gasteiger partial charge in [-0.1, -0.05) is 38.3 Å². The molecule has 31 heavy (non-hydrogen) atoms. The van der Waals surface area contributed by atoms with Crippen LogP contribution in [0, 0.1) is 11.8 Å². The zero-order chi connectivity index (χ0) is 21.6. The van der Waals surface area contributed by atoms with Crippen molar-refractivity contribution in [3.63, 3.8) is 0 Å². The molecule has 1 aliphatic heterocycles. The van der Waals surface area contributed by atoms with Crippen molar-refractivity contribution in [3.05, 3.63) is 35.4 Å². The Bertz CT molecular complexity index is 730. The van der Waals surface area contributed by atoms with Gasteiger partial charge in [0.2, 0.25) is 5.91 Å². The van der Waals surface area contributed by atoms with Crippen LogP contribution in [0.4, 0.5) is 0 Å². The molecule has 0 unspecified atom stereocenters. The number of amides is 2. The second-order valence-electron chi connectivity index (χ2n) is 9.81. The van der Waals surface area contributed by atoms with Crippen molar-refractivity contribution >= 4 is 11.8 Å². The van der Waals surface area contributed by atoms with Crippen LogP contribution in [0.25, 0.3) is 0 Å². The quantitative estimate of drug-likeness (QED) is 0.653. The summed E-state index contributed by atoms with van der Waals surface area (Å²) >= 11 is 0. The number of hydrogen-bond acceptors (Lipinski definition) is 3. The lowest BCUT2D eigenvalue weighted by Gasteiger charge is -2.40. The number of aryl methyl sites for hydroxylation is 1. The minimum atomic E-state index is -0.0173. The fourth-order valence-electron chi connectivity index (χ4n) is 5.20. The average Bonchev–Trinajstić information content (AvgIpc) is 3.49. The molecule has 1 aromatic carbocycles. The maximum atomic E-state index is 13.1. The Morgan fingerprint density at radius 1 is 1.00 bits per heavy atom. The van der Waals surface area contributed by atoms with Crippen LogP contribution in [0.15, 0.2) is 24.3 Å². The van der Waals surface area contributed by atoms with Crippen LogP contribution >= 0.6 is 0 Å². The maximum absolute atomic E-state index is 13.1. The van der Waals surface area contributed by atoms with Crippen LogP contribution in [0.3, 0.4) is 0 Å². The number of piperazine rings is 1. The number of carbonyl (C=O) groups is 2. The van der Waals surface area contributed by atoms with Crippen molar-refractivity contribution in [1.82, 2.24) is 15.1 Å². The van der Waals surface area contributed by atoms with Gasteiger partial charge in [0.1, 0.15) is 0 Å². The van der Waals surface area contributed by atoms with Gasteiger partial charge in [-0.15, -0.1) is 0 Å². The fourth-order valence-corrected chi connectivity index (χ4v) is 5.20. The first-order valence-electron chi connectivity index (χ1n) is 12.6. The molecule has 4 rings (SSSR count). The van der Waals surface area contributed by atoms with Gasteiger partial charge in [0.05, 0.1) is 6.04 Å². The van der Waals surface area contributed by atoms with E-state index in [-0.39, 0.29) is 17.9 Å². The van der Waals surface area contributed by atoms with Gasteiger partial charge in [-0.3, -0.25) is 14.5 Å². The van der Waals surface area contributed by atoms with E-state index in [2.05, 4.69) is 29.3 Å². The predicted molar refractivity (Wildman–Crippen MR) is 124 cm³/mol. The molecule has 3 fully saturated rings. The zero-order valence-corrected chi connectivity index (χ0v) is 19.2. The first kappa shape index (κ1) is 22.3. The van der Waals surface area contributed by atoms with Gasteiger partial charge >= 0.3 is 0 Å². The molecule has 2 aliphatic carbocycles. The van der Waals surface area contributed by atoms with E-state index in [1.165, 1.54) is 44.1 Å². The summed E-state index contributed by atoms with van der Waals surface area (Å²) in [5, 5.41) is 3.24. The number of carbonyl (C=O) groups excluding carboxylic acids is 2. The minimum Gasteiger partial charge on any atom is -0.354 e. The predicted octanol–water partition coefficient (Wildman–Crippen LogP) is 3.87. The molecule has 5 nitrogen and oxygen atoms in total. The van der Waals surface area contributed by atoms with E-state index in [0.717, 1.165) is 44.5 Å². The molecule has 0 spiro atoms. The molecule has 1 heterocycles. The molecule has 0 bridgehead atoms. The standard InChI is InChI=1S/C26H39N3O2/c1-2-3-6-20-11-13-23(14-12-20)26(31)29-17-15-28(16-18-29)24(22-7-4-5-8-22)25(30)27-19-21-9-10-21/h11-14,21-22,24H,2-10,15-19H2,1H3,(H,27,30)/t24-/m1/s1. The monoisotopic (exact) mass is 425 g/mol. The zero-order valence-electron chi connectivity index (χ0n) is 19.2. The topological polar surface area (TPSA) is 52.7 Å². The molecule has 0 radical (unpaired) electrons. The van der Waals surface area contributed by atoms with Gasteiger partial charge < -0.3 is 10.2 Å². The summed E-state index contributed by atoms with van der Waals surface area (Å²) in [6, 6.07) is 8.13. The Morgan fingerprint density at radius 2 is 1.68 bits per heavy atom. The van der Waals surface area contributed by atoms with Gasteiger partial charge in [0.15, 0.2) is 0 Å². The van der Waals surface area contributed by atoms with E-state index in [1.54, 1.807) is 0 Å². The number of benzene rings is 1. The summed E-state index contributed by atoms with van der Waals surface area (Å²) in [5.74, 6) is 1.52. The number of hydrogen-bond donors (Lipinski definition) is 1. The summed E-state index contributed by atoms with van der Waals surface area (Å²) in [6.07, 6.45) is 10.8. The molecule has 170 valence electrons. The molecular weight excluding hydrogens is 386 g/mol. The van der Waals surface area contributed by atoms with Crippen LogP contribution in [-0.2, 0) is 11.2 Å². The van der Waals surface area contributed by atoms with Crippen molar-refractivity contribution in [2.75, 3.05) is 32.7 Å². The summed E-state index contributed by atoms with van der Waals surface area (Å²) in [7, 11) is 0. The average molecular weight is 426 g/mol. The number of rotatable bonds is 9. The van der Waals surface area contributed by atoms with Crippen molar-refractivity contribution in [2.45, 2.75) is 70.8 Å². The van der Waals surface area contributed by atoms with E-state index in [9.17, 15) is 9.59 Å². The molecule has 3 aliphatic rings. The smallest absolute Gasteiger partial charge is 0.253 e. The second kappa shape index (κ2) is 10.6. The van der Waals surface area contributed by atoms with Gasteiger partial charge in [-0.25, -0.2) is 0 Å². The molecule has 0 aromatic heterocycles. The first-order chi connectivity index (χ1) is 15.2. The van der Waals surface area contributed by atoms with Crippen LogP contribution in [0.2, 0.25) is 0 Å². The Hall–Kier alpha value is -1.88. The molecule has 5 heteroatoms. The van der Waals surface area contributed by atoms with Gasteiger partial charge in [0, 0.05) is 38.3 Å². The molecule has 2 amide bonds. The van der Waals surface area contributed by atoms with E-state index >= 15 is 0 Å². The number of nitrogens with zero attached hydrogens (tertiary/aromatic N) is 2. The van der Waals surface area contributed by atoms with E-state index in [4.69, 9.17) is 0 Å². The van der Waals surface area contributed by atoms with Crippen LogP contribution < -0.4 is 5.32 Å². The van der Waals surface area contributed by atoms with Crippen LogP contribution in [0.5, 0.6) is 0 Å². The number of unbranched alkanes of at least 4 members (excludes halogenated alkanes) is 1. The van der Waals surface area contributed by atoms with Gasteiger partial charge in [-0.05, 0) is 68.1 Å². The van der Waals surface area contributed by atoms with E-state index < -0.39 is 0 Å². The molecule has 1 aromatic rings. The van der Waals surface area contributed by atoms with Gasteiger partial charge in [0.25, 0.3) is 5.91 Å². The Labute approximate surface area is 187 Å². The normalized spacial score (nSPS) is 21.3. The molecule has 2 saturated carbocycles. The minimum absolute atomic E-state index is 0.0173. The SMILES string of the molecule is CCCCc1ccc(C(=O)N2CCN([C@@H](C(=O)NCC3CC3)C3CCCC3)CC2)cc1. The lowest BCUT2D eigenvalue weighted by molar-refractivity contribution is -0.129. The van der Waals surface area contributed by atoms with E-state index in [1.807, 2.05) is 17.0 Å². The summed E-state index contributed by atoms with van der Waals surface area (Å²) in [5.41, 5.74) is 2.09. The second-order valence-corrected chi connectivity index (χ2v) is 9.81. The largest absolute Gasteiger partial charge is 0.354 e. The van der Waals surface area contributed by atoms with Crippen LogP contribution in [0.1, 0.15) is 74.2 Å². The van der Waals surface area contributed by atoms with E-state index in [0.29, 0.717) is 24.9 Å². The highest BCUT2D eigenvalue weighted by atomic mass is 16.2. The summed E-state index contributed by atoms with van der Waals surface area (Å²) in [6.45, 7) is 6.03. The van der Waals surface area contributed by atoms with Crippen molar-refractivity contribution < 1.29 is 9.59 Å². The van der Waals surface area contributed by atoms with Crippen LogP contribution in [-0.4, -0.2) is 60.4 Å².